The highest BCUT2D eigenvalue weighted by Gasteiger charge is 2.50. The van der Waals surface area contributed by atoms with E-state index in [1.165, 1.54) is 31.3 Å². The minimum Gasteiger partial charge on any atom is -0.393 e. The fourth-order valence-corrected chi connectivity index (χ4v) is 7.44. The first-order valence-corrected chi connectivity index (χ1v) is 13.9. The Hall–Kier alpha value is -1.94. The molecule has 1 aromatic carbocycles. The largest absolute Gasteiger partial charge is 0.393 e. The van der Waals surface area contributed by atoms with Crippen molar-refractivity contribution in [2.75, 3.05) is 0 Å². The van der Waals surface area contributed by atoms with Crippen LogP contribution >= 0.6 is 0 Å². The Bertz CT molecular complexity index is 1010. The van der Waals surface area contributed by atoms with Gasteiger partial charge in [0.2, 0.25) is 0 Å². The van der Waals surface area contributed by atoms with Gasteiger partial charge >= 0.3 is 0 Å². The monoisotopic (exact) mass is 490 g/mol. The molecule has 4 rings (SSSR count). The molecule has 0 aliphatic heterocycles. The van der Waals surface area contributed by atoms with Crippen LogP contribution in [0.3, 0.4) is 0 Å². The standard InChI is InChI=1S/C33H46O3/c1-22(13-16-29(32(3,4)36)24-10-7-6-8-11-24)28-17-18-30-25(12-9-19-33(28,30)5)14-15-26-20-27(34)21-31(35)23(26)2/h6-8,10-11,13-16,22,27-31,34-36H,2,9,12,17-21H2,1,3-5H3/t22-,27-,28-,29-,30+,31+,33-/m1/s1. The van der Waals surface area contributed by atoms with Gasteiger partial charge < -0.3 is 15.3 Å². The molecule has 3 heteroatoms. The van der Waals surface area contributed by atoms with Crippen LogP contribution in [0.1, 0.15) is 84.1 Å². The second kappa shape index (κ2) is 10.8. The molecule has 3 fully saturated rings. The van der Waals surface area contributed by atoms with E-state index >= 15 is 0 Å². The van der Waals surface area contributed by atoms with Gasteiger partial charge in [-0.25, -0.2) is 0 Å². The number of fused-ring (bicyclic) bond motifs is 1. The van der Waals surface area contributed by atoms with E-state index in [1.807, 2.05) is 32.0 Å². The predicted molar refractivity (Wildman–Crippen MR) is 149 cm³/mol. The number of rotatable bonds is 6. The molecule has 196 valence electrons. The molecule has 3 aliphatic carbocycles. The molecule has 0 spiro atoms. The number of allylic oxidation sites excluding steroid dienone is 4. The van der Waals surface area contributed by atoms with Gasteiger partial charge in [0.1, 0.15) is 0 Å². The van der Waals surface area contributed by atoms with Crippen molar-refractivity contribution >= 4 is 0 Å². The highest BCUT2D eigenvalue weighted by molar-refractivity contribution is 5.39. The lowest BCUT2D eigenvalue weighted by Crippen LogP contribution is -2.35. The fraction of sp³-hybridized carbons (Fsp3) is 0.576. The highest BCUT2D eigenvalue weighted by Crippen LogP contribution is 2.59. The van der Waals surface area contributed by atoms with Crippen LogP contribution in [0, 0.1) is 23.2 Å². The number of aliphatic hydroxyl groups is 3. The molecule has 3 N–H and O–H groups in total. The fourth-order valence-electron chi connectivity index (χ4n) is 7.44. The van der Waals surface area contributed by atoms with Gasteiger partial charge in [-0.05, 0) is 92.3 Å². The van der Waals surface area contributed by atoms with E-state index in [0.717, 1.165) is 23.1 Å². The SMILES string of the molecule is C=C1C(=CC=C2CCC[C@]3(C)[C@@H]([C@H](C)C=C[C@H](c4ccccc4)C(C)(C)O)CC[C@@H]23)C[C@@H](O)C[C@@H]1O. The molecule has 36 heavy (non-hydrogen) atoms. The topological polar surface area (TPSA) is 60.7 Å². The minimum absolute atomic E-state index is 0.0334. The van der Waals surface area contributed by atoms with Crippen molar-refractivity contribution in [2.24, 2.45) is 23.2 Å². The summed E-state index contributed by atoms with van der Waals surface area (Å²) in [5.74, 6) is 1.60. The third-order valence-corrected chi connectivity index (χ3v) is 9.46. The van der Waals surface area contributed by atoms with E-state index in [0.29, 0.717) is 30.6 Å². The van der Waals surface area contributed by atoms with Gasteiger partial charge in [-0.3, -0.25) is 0 Å². The molecule has 0 saturated heterocycles. The lowest BCUT2D eigenvalue weighted by Gasteiger charge is -2.44. The number of aliphatic hydroxyl groups excluding tert-OH is 2. The Labute approximate surface area is 218 Å². The van der Waals surface area contributed by atoms with Crippen molar-refractivity contribution in [3.63, 3.8) is 0 Å². The van der Waals surface area contributed by atoms with Gasteiger partial charge in [0, 0.05) is 12.3 Å². The molecule has 0 radical (unpaired) electrons. The zero-order chi connectivity index (χ0) is 26.1. The number of hydrogen-bond acceptors (Lipinski definition) is 3. The summed E-state index contributed by atoms with van der Waals surface area (Å²) in [6, 6.07) is 10.3. The van der Waals surface area contributed by atoms with E-state index in [9.17, 15) is 15.3 Å². The first-order valence-electron chi connectivity index (χ1n) is 13.9. The molecule has 0 heterocycles. The Kier molecular flexibility index (Phi) is 8.14. The minimum atomic E-state index is -0.821. The summed E-state index contributed by atoms with van der Waals surface area (Å²) in [7, 11) is 0. The molecule has 0 bridgehead atoms. The van der Waals surface area contributed by atoms with E-state index < -0.39 is 17.8 Å². The van der Waals surface area contributed by atoms with Crippen molar-refractivity contribution in [1.82, 2.24) is 0 Å². The normalized spacial score (nSPS) is 35.4. The van der Waals surface area contributed by atoms with E-state index in [-0.39, 0.29) is 11.3 Å². The molecule has 1 aromatic rings. The average molecular weight is 491 g/mol. The van der Waals surface area contributed by atoms with Crippen molar-refractivity contribution in [3.8, 4) is 0 Å². The van der Waals surface area contributed by atoms with Crippen molar-refractivity contribution in [1.29, 1.82) is 0 Å². The van der Waals surface area contributed by atoms with Gasteiger partial charge in [0.25, 0.3) is 0 Å². The summed E-state index contributed by atoms with van der Waals surface area (Å²) in [6.07, 6.45) is 14.9. The van der Waals surface area contributed by atoms with Crippen LogP contribution in [0.2, 0.25) is 0 Å². The lowest BCUT2D eigenvalue weighted by atomic mass is 9.61. The summed E-state index contributed by atoms with van der Waals surface area (Å²) in [5.41, 5.74) is 3.88. The smallest absolute Gasteiger partial charge is 0.0811 e. The van der Waals surface area contributed by atoms with Gasteiger partial charge in [-0.15, -0.1) is 0 Å². The molecule has 0 unspecified atom stereocenters. The van der Waals surface area contributed by atoms with E-state index in [1.54, 1.807) is 0 Å². The van der Waals surface area contributed by atoms with Crippen LogP contribution in [-0.2, 0) is 0 Å². The van der Waals surface area contributed by atoms with Crippen molar-refractivity contribution < 1.29 is 15.3 Å². The molecular formula is C33H46O3. The predicted octanol–water partition coefficient (Wildman–Crippen LogP) is 6.87. The second-order valence-electron chi connectivity index (χ2n) is 12.5. The van der Waals surface area contributed by atoms with Crippen molar-refractivity contribution in [3.05, 3.63) is 83.5 Å². The zero-order valence-corrected chi connectivity index (χ0v) is 22.7. The first kappa shape index (κ1) is 27.1. The second-order valence-corrected chi connectivity index (χ2v) is 12.5. The summed E-state index contributed by atoms with van der Waals surface area (Å²) in [5, 5.41) is 31.2. The highest BCUT2D eigenvalue weighted by atomic mass is 16.3. The maximum Gasteiger partial charge on any atom is 0.0811 e. The first-order chi connectivity index (χ1) is 17.0. The Morgan fingerprint density at radius 2 is 1.81 bits per heavy atom. The maximum absolute atomic E-state index is 10.9. The van der Waals surface area contributed by atoms with Crippen LogP contribution in [0.25, 0.3) is 0 Å². The molecule has 0 aromatic heterocycles. The summed E-state index contributed by atoms with van der Waals surface area (Å²) >= 11 is 0. The summed E-state index contributed by atoms with van der Waals surface area (Å²) < 4.78 is 0. The number of benzene rings is 1. The van der Waals surface area contributed by atoms with Gasteiger partial charge in [0.05, 0.1) is 17.8 Å². The Morgan fingerprint density at radius 1 is 1.08 bits per heavy atom. The van der Waals surface area contributed by atoms with Crippen LogP contribution < -0.4 is 0 Å². The lowest BCUT2D eigenvalue weighted by molar-refractivity contribution is 0.0645. The van der Waals surface area contributed by atoms with Gasteiger partial charge in [0.15, 0.2) is 0 Å². The van der Waals surface area contributed by atoms with E-state index in [4.69, 9.17) is 0 Å². The van der Waals surface area contributed by atoms with Crippen LogP contribution in [-0.4, -0.2) is 33.1 Å². The molecular weight excluding hydrogens is 444 g/mol. The van der Waals surface area contributed by atoms with Crippen molar-refractivity contribution in [2.45, 2.75) is 96.4 Å². The third-order valence-electron chi connectivity index (χ3n) is 9.46. The van der Waals surface area contributed by atoms with Crippen LogP contribution in [0.15, 0.2) is 77.9 Å². The maximum atomic E-state index is 10.9. The van der Waals surface area contributed by atoms with Gasteiger partial charge in [-0.2, -0.15) is 0 Å². The average Bonchev–Trinajstić information content (AvgIpc) is 3.18. The molecule has 0 amide bonds. The quantitative estimate of drug-likeness (QED) is 0.381. The molecule has 3 aliphatic rings. The van der Waals surface area contributed by atoms with E-state index in [2.05, 4.69) is 56.9 Å². The summed E-state index contributed by atoms with van der Waals surface area (Å²) in [6.45, 7) is 12.7. The Morgan fingerprint density at radius 3 is 2.50 bits per heavy atom. The van der Waals surface area contributed by atoms with Gasteiger partial charge in [-0.1, -0.05) is 80.6 Å². The number of hydrogen-bond donors (Lipinski definition) is 3. The zero-order valence-electron chi connectivity index (χ0n) is 22.7. The van der Waals surface area contributed by atoms with Crippen LogP contribution in [0.4, 0.5) is 0 Å². The third kappa shape index (κ3) is 5.64. The molecule has 3 saturated carbocycles. The summed E-state index contributed by atoms with van der Waals surface area (Å²) in [4.78, 5) is 0. The Balaban J connectivity index is 1.52. The molecule has 3 nitrogen and oxygen atoms in total. The molecule has 7 atom stereocenters. The van der Waals surface area contributed by atoms with Crippen LogP contribution in [0.5, 0.6) is 0 Å².